The van der Waals surface area contributed by atoms with Crippen molar-refractivity contribution in [3.05, 3.63) is 34.3 Å². The summed E-state index contributed by atoms with van der Waals surface area (Å²) in [5, 5.41) is 0. The normalized spacial score (nSPS) is 21.2. The molecule has 1 aromatic carbocycles. The van der Waals surface area contributed by atoms with Crippen LogP contribution in [0, 0.1) is 0 Å². The maximum absolute atomic E-state index is 12.2. The molecular formula is C17H25BrN2O. The lowest BCUT2D eigenvalue weighted by molar-refractivity contribution is 0.0971. The molecule has 21 heavy (non-hydrogen) atoms. The van der Waals surface area contributed by atoms with Crippen molar-refractivity contribution in [2.75, 3.05) is 33.2 Å². The van der Waals surface area contributed by atoms with E-state index in [2.05, 4.69) is 39.7 Å². The van der Waals surface area contributed by atoms with Gasteiger partial charge in [-0.1, -0.05) is 28.1 Å². The third kappa shape index (κ3) is 5.20. The largest absolute Gasteiger partial charge is 0.305 e. The number of rotatable bonds is 5. The first kappa shape index (κ1) is 16.7. The van der Waals surface area contributed by atoms with Crippen molar-refractivity contribution in [3.63, 3.8) is 0 Å². The van der Waals surface area contributed by atoms with Crippen LogP contribution in [0.2, 0.25) is 0 Å². The average Bonchev–Trinajstić information content (AvgIpc) is 2.60. The van der Waals surface area contributed by atoms with Gasteiger partial charge in [-0.25, -0.2) is 0 Å². The second-order valence-electron chi connectivity index (χ2n) is 6.03. The van der Waals surface area contributed by atoms with Crippen LogP contribution >= 0.6 is 15.9 Å². The summed E-state index contributed by atoms with van der Waals surface area (Å²) < 4.78 is 1.02. The second kappa shape index (κ2) is 8.06. The van der Waals surface area contributed by atoms with E-state index in [4.69, 9.17) is 0 Å². The Bertz CT molecular complexity index is 460. The fourth-order valence-corrected chi connectivity index (χ4v) is 3.24. The topological polar surface area (TPSA) is 23.6 Å². The molecule has 0 aromatic heterocycles. The Morgan fingerprint density at radius 2 is 2.00 bits per heavy atom. The molecule has 1 fully saturated rings. The van der Waals surface area contributed by atoms with E-state index in [9.17, 15) is 4.79 Å². The lowest BCUT2D eigenvalue weighted by Gasteiger charge is -2.27. The quantitative estimate of drug-likeness (QED) is 0.758. The Hall–Kier alpha value is -0.710. The van der Waals surface area contributed by atoms with Crippen LogP contribution in [0.5, 0.6) is 0 Å². The van der Waals surface area contributed by atoms with Gasteiger partial charge < -0.3 is 4.90 Å². The summed E-state index contributed by atoms with van der Waals surface area (Å²) in [6, 6.07) is 8.24. The van der Waals surface area contributed by atoms with Gasteiger partial charge in [0.1, 0.15) is 0 Å². The zero-order chi connectivity index (χ0) is 15.2. The molecule has 1 atom stereocenters. The Balaban J connectivity index is 1.78. The lowest BCUT2D eigenvalue weighted by Crippen LogP contribution is -2.38. The van der Waals surface area contributed by atoms with Gasteiger partial charge in [0.25, 0.3) is 0 Å². The third-order valence-electron chi connectivity index (χ3n) is 4.20. The predicted octanol–water partition coefficient (Wildman–Crippen LogP) is 3.44. The number of hydrogen-bond acceptors (Lipinski definition) is 3. The number of hydrogen-bond donors (Lipinski definition) is 0. The summed E-state index contributed by atoms with van der Waals surface area (Å²) in [6.45, 7) is 6.77. The Morgan fingerprint density at radius 3 is 2.71 bits per heavy atom. The van der Waals surface area contributed by atoms with Crippen molar-refractivity contribution < 1.29 is 4.79 Å². The van der Waals surface area contributed by atoms with Gasteiger partial charge in [0.2, 0.25) is 0 Å². The minimum atomic E-state index is 0.252. The van der Waals surface area contributed by atoms with Crippen LogP contribution in [-0.4, -0.2) is 54.9 Å². The highest BCUT2D eigenvalue weighted by atomic mass is 79.9. The standard InChI is InChI=1S/C17H25BrN2O/c1-14-13-19(2)10-4-12-20(14)11-3-5-17(21)15-6-8-16(18)9-7-15/h6-9,14H,3-5,10-13H2,1-2H3. The number of nitrogens with zero attached hydrogens (tertiary/aromatic N) is 2. The Kier molecular flexibility index (Phi) is 6.40. The van der Waals surface area contributed by atoms with Gasteiger partial charge in [-0.3, -0.25) is 9.69 Å². The summed E-state index contributed by atoms with van der Waals surface area (Å²) in [4.78, 5) is 17.1. The zero-order valence-electron chi connectivity index (χ0n) is 13.0. The van der Waals surface area contributed by atoms with Crippen molar-refractivity contribution in [1.29, 1.82) is 0 Å². The van der Waals surface area contributed by atoms with E-state index >= 15 is 0 Å². The molecule has 0 bridgehead atoms. The zero-order valence-corrected chi connectivity index (χ0v) is 14.6. The van der Waals surface area contributed by atoms with Gasteiger partial charge in [0.15, 0.2) is 5.78 Å². The number of carbonyl (C=O) groups excluding carboxylic acids is 1. The van der Waals surface area contributed by atoms with Gasteiger partial charge in [-0.15, -0.1) is 0 Å². The third-order valence-corrected chi connectivity index (χ3v) is 4.73. The molecule has 3 nitrogen and oxygen atoms in total. The summed E-state index contributed by atoms with van der Waals surface area (Å²) in [7, 11) is 2.19. The van der Waals surface area contributed by atoms with Crippen molar-refractivity contribution in [2.45, 2.75) is 32.2 Å². The number of halogens is 1. The van der Waals surface area contributed by atoms with Gasteiger partial charge in [0, 0.05) is 29.0 Å². The smallest absolute Gasteiger partial charge is 0.162 e. The van der Waals surface area contributed by atoms with Crippen molar-refractivity contribution in [3.8, 4) is 0 Å². The highest BCUT2D eigenvalue weighted by Gasteiger charge is 2.19. The number of Topliss-reactive ketones (excluding diaryl/α,β-unsaturated/α-hetero) is 1. The molecule has 1 aliphatic rings. The maximum atomic E-state index is 12.2. The summed E-state index contributed by atoms with van der Waals surface area (Å²) in [6.07, 6.45) is 2.81. The van der Waals surface area contributed by atoms with Crippen LogP contribution in [0.25, 0.3) is 0 Å². The number of likely N-dealkylation sites (N-methyl/N-ethyl adjacent to an activating group) is 1. The van der Waals surface area contributed by atoms with Crippen LogP contribution < -0.4 is 0 Å². The van der Waals surface area contributed by atoms with Gasteiger partial charge in [0.05, 0.1) is 0 Å². The van der Waals surface area contributed by atoms with Crippen LogP contribution in [0.3, 0.4) is 0 Å². The molecule has 1 aromatic rings. The molecule has 1 saturated heterocycles. The molecule has 1 unspecified atom stereocenters. The van der Waals surface area contributed by atoms with E-state index in [1.54, 1.807) is 0 Å². The first-order chi connectivity index (χ1) is 10.1. The molecule has 2 rings (SSSR count). The van der Waals surface area contributed by atoms with Crippen LogP contribution in [-0.2, 0) is 0 Å². The molecule has 0 N–H and O–H groups in total. The van der Waals surface area contributed by atoms with E-state index in [0.29, 0.717) is 12.5 Å². The minimum absolute atomic E-state index is 0.252. The van der Waals surface area contributed by atoms with Crippen LogP contribution in [0.15, 0.2) is 28.7 Å². The predicted molar refractivity (Wildman–Crippen MR) is 90.9 cm³/mol. The van der Waals surface area contributed by atoms with E-state index < -0.39 is 0 Å². The van der Waals surface area contributed by atoms with Crippen LogP contribution in [0.1, 0.15) is 36.5 Å². The Morgan fingerprint density at radius 1 is 1.29 bits per heavy atom. The van der Waals surface area contributed by atoms with Gasteiger partial charge in [-0.05, 0) is 58.6 Å². The average molecular weight is 353 g/mol. The molecular weight excluding hydrogens is 328 g/mol. The molecule has 0 aliphatic carbocycles. The fourth-order valence-electron chi connectivity index (χ4n) is 2.98. The Labute approximate surface area is 136 Å². The summed E-state index contributed by atoms with van der Waals surface area (Å²) in [5.41, 5.74) is 0.821. The molecule has 116 valence electrons. The minimum Gasteiger partial charge on any atom is -0.305 e. The molecule has 4 heteroatoms. The molecule has 1 aliphatic heterocycles. The number of carbonyl (C=O) groups is 1. The number of ketones is 1. The van der Waals surface area contributed by atoms with Gasteiger partial charge >= 0.3 is 0 Å². The van der Waals surface area contributed by atoms with Crippen LogP contribution in [0.4, 0.5) is 0 Å². The first-order valence-corrected chi connectivity index (χ1v) is 8.57. The SMILES string of the molecule is CC1CN(C)CCCN1CCCC(=O)c1ccc(Br)cc1. The molecule has 0 radical (unpaired) electrons. The molecule has 0 amide bonds. The summed E-state index contributed by atoms with van der Waals surface area (Å²) in [5.74, 6) is 0.252. The van der Waals surface area contributed by atoms with Crippen molar-refractivity contribution in [2.24, 2.45) is 0 Å². The van der Waals surface area contributed by atoms with E-state index in [-0.39, 0.29) is 5.78 Å². The molecule has 1 heterocycles. The lowest BCUT2D eigenvalue weighted by atomic mass is 10.1. The van der Waals surface area contributed by atoms with Crippen molar-refractivity contribution in [1.82, 2.24) is 9.80 Å². The van der Waals surface area contributed by atoms with Gasteiger partial charge in [-0.2, -0.15) is 0 Å². The molecule has 0 saturated carbocycles. The van der Waals surface area contributed by atoms with E-state index in [1.807, 2.05) is 24.3 Å². The van der Waals surface area contributed by atoms with E-state index in [0.717, 1.165) is 36.1 Å². The summed E-state index contributed by atoms with van der Waals surface area (Å²) >= 11 is 3.40. The highest BCUT2D eigenvalue weighted by molar-refractivity contribution is 9.10. The second-order valence-corrected chi connectivity index (χ2v) is 6.95. The maximum Gasteiger partial charge on any atom is 0.162 e. The fraction of sp³-hybridized carbons (Fsp3) is 0.588. The number of benzene rings is 1. The monoisotopic (exact) mass is 352 g/mol. The molecule has 0 spiro atoms. The highest BCUT2D eigenvalue weighted by Crippen LogP contribution is 2.14. The van der Waals surface area contributed by atoms with Crippen molar-refractivity contribution >= 4 is 21.7 Å². The first-order valence-electron chi connectivity index (χ1n) is 7.77. The van der Waals surface area contributed by atoms with E-state index in [1.165, 1.54) is 13.0 Å².